The lowest BCUT2D eigenvalue weighted by molar-refractivity contribution is -0.120. The smallest absolute Gasteiger partial charge is 0.224 e. The van der Waals surface area contributed by atoms with Crippen LogP contribution in [0.1, 0.15) is 19.4 Å². The Morgan fingerprint density at radius 2 is 2.26 bits per heavy atom. The average Bonchev–Trinajstić information content (AvgIpc) is 2.84. The molecule has 2 aromatic rings. The van der Waals surface area contributed by atoms with Crippen LogP contribution in [0.15, 0.2) is 29.0 Å². The highest BCUT2D eigenvalue weighted by Crippen LogP contribution is 2.15. The predicted octanol–water partition coefficient (Wildman–Crippen LogP) is 1.47. The van der Waals surface area contributed by atoms with Crippen LogP contribution in [0.2, 0.25) is 0 Å². The van der Waals surface area contributed by atoms with Crippen LogP contribution in [-0.4, -0.2) is 24.0 Å². The zero-order valence-corrected chi connectivity index (χ0v) is 11.3. The predicted molar refractivity (Wildman–Crippen MR) is 73.6 cm³/mol. The summed E-state index contributed by atoms with van der Waals surface area (Å²) < 4.78 is 5.21. The summed E-state index contributed by atoms with van der Waals surface area (Å²) >= 11 is 0. The van der Waals surface area contributed by atoms with Crippen LogP contribution < -0.4 is 11.1 Å². The van der Waals surface area contributed by atoms with Crippen molar-refractivity contribution in [3.8, 4) is 0 Å². The largest absolute Gasteiger partial charge is 0.443 e. The maximum atomic E-state index is 11.9. The van der Waals surface area contributed by atoms with Crippen LogP contribution in [0.25, 0.3) is 11.1 Å². The standard InChI is InChI=1S/C14H19N3O2/c1-14(2,7-15)8-16-13(18)6-10-3-4-11-12(5-10)19-9-17-11/h3-5,9H,6-8,15H2,1-2H3,(H,16,18). The lowest BCUT2D eigenvalue weighted by Crippen LogP contribution is -2.39. The fourth-order valence-electron chi connectivity index (χ4n) is 1.67. The van der Waals surface area contributed by atoms with E-state index in [1.54, 1.807) is 0 Å². The van der Waals surface area contributed by atoms with Crippen LogP contribution in [-0.2, 0) is 11.2 Å². The number of aromatic nitrogens is 1. The van der Waals surface area contributed by atoms with Crippen molar-refractivity contribution in [3.63, 3.8) is 0 Å². The van der Waals surface area contributed by atoms with Gasteiger partial charge in [-0.3, -0.25) is 4.79 Å². The second kappa shape index (κ2) is 5.40. The fourth-order valence-corrected chi connectivity index (χ4v) is 1.67. The Morgan fingerprint density at radius 1 is 1.47 bits per heavy atom. The normalized spacial score (nSPS) is 11.7. The highest BCUT2D eigenvalue weighted by molar-refractivity contribution is 5.80. The van der Waals surface area contributed by atoms with Crippen LogP contribution in [0, 0.1) is 5.41 Å². The average molecular weight is 261 g/mol. The zero-order chi connectivity index (χ0) is 13.9. The zero-order valence-electron chi connectivity index (χ0n) is 11.3. The number of oxazole rings is 1. The third-order valence-electron chi connectivity index (χ3n) is 3.08. The Balaban J connectivity index is 1.95. The van der Waals surface area contributed by atoms with E-state index in [9.17, 15) is 4.79 Å². The van der Waals surface area contributed by atoms with Crippen molar-refractivity contribution >= 4 is 17.0 Å². The Hall–Kier alpha value is -1.88. The first-order valence-corrected chi connectivity index (χ1v) is 6.29. The number of nitrogens with zero attached hydrogens (tertiary/aromatic N) is 1. The van der Waals surface area contributed by atoms with Gasteiger partial charge >= 0.3 is 0 Å². The molecule has 1 amide bonds. The molecular formula is C14H19N3O2. The monoisotopic (exact) mass is 261 g/mol. The first-order valence-electron chi connectivity index (χ1n) is 6.29. The van der Waals surface area contributed by atoms with Crippen molar-refractivity contribution in [1.29, 1.82) is 0 Å². The molecule has 0 atom stereocenters. The van der Waals surface area contributed by atoms with Gasteiger partial charge in [-0.25, -0.2) is 4.98 Å². The highest BCUT2D eigenvalue weighted by atomic mass is 16.3. The molecule has 2 rings (SSSR count). The van der Waals surface area contributed by atoms with Gasteiger partial charge in [-0.1, -0.05) is 19.9 Å². The molecule has 0 aliphatic carbocycles. The van der Waals surface area contributed by atoms with Gasteiger partial charge < -0.3 is 15.5 Å². The number of amides is 1. The van der Waals surface area contributed by atoms with E-state index >= 15 is 0 Å². The summed E-state index contributed by atoms with van der Waals surface area (Å²) in [5.41, 5.74) is 7.96. The maximum absolute atomic E-state index is 11.9. The van der Waals surface area contributed by atoms with E-state index in [-0.39, 0.29) is 11.3 Å². The summed E-state index contributed by atoms with van der Waals surface area (Å²) in [5.74, 6) is -0.0135. The molecule has 0 unspecified atom stereocenters. The molecule has 102 valence electrons. The van der Waals surface area contributed by atoms with Crippen LogP contribution in [0.3, 0.4) is 0 Å². The number of nitrogens with two attached hydrogens (primary N) is 1. The van der Waals surface area contributed by atoms with E-state index < -0.39 is 0 Å². The highest BCUT2D eigenvalue weighted by Gasteiger charge is 2.16. The first-order chi connectivity index (χ1) is 9.00. The van der Waals surface area contributed by atoms with Crippen molar-refractivity contribution < 1.29 is 9.21 Å². The number of carbonyl (C=O) groups excluding carboxylic acids is 1. The Labute approximate surface area is 112 Å². The van der Waals surface area contributed by atoms with Gasteiger partial charge in [0, 0.05) is 6.54 Å². The lowest BCUT2D eigenvalue weighted by atomic mass is 9.94. The molecule has 1 aromatic carbocycles. The van der Waals surface area contributed by atoms with Gasteiger partial charge in [0.25, 0.3) is 0 Å². The molecule has 1 heterocycles. The molecule has 0 fully saturated rings. The molecule has 5 nitrogen and oxygen atoms in total. The van der Waals surface area contributed by atoms with Gasteiger partial charge in [-0.05, 0) is 29.7 Å². The molecule has 5 heteroatoms. The molecule has 0 saturated heterocycles. The summed E-state index contributed by atoms with van der Waals surface area (Å²) in [4.78, 5) is 15.9. The summed E-state index contributed by atoms with van der Waals surface area (Å²) in [5, 5.41) is 2.90. The summed E-state index contributed by atoms with van der Waals surface area (Å²) in [6.07, 6.45) is 1.73. The van der Waals surface area contributed by atoms with E-state index in [2.05, 4.69) is 10.3 Å². The molecule has 0 aliphatic heterocycles. The number of hydrogen-bond acceptors (Lipinski definition) is 4. The molecule has 0 aliphatic rings. The van der Waals surface area contributed by atoms with E-state index in [4.69, 9.17) is 10.2 Å². The second-order valence-electron chi connectivity index (χ2n) is 5.48. The Bertz CT molecular complexity index is 575. The minimum Gasteiger partial charge on any atom is -0.443 e. The SMILES string of the molecule is CC(C)(CN)CNC(=O)Cc1ccc2ncoc2c1. The number of rotatable bonds is 5. The van der Waals surface area contributed by atoms with Crippen molar-refractivity contribution in [1.82, 2.24) is 10.3 Å². The van der Waals surface area contributed by atoms with Gasteiger partial charge in [0.15, 0.2) is 12.0 Å². The number of nitrogens with one attached hydrogen (secondary N) is 1. The molecule has 19 heavy (non-hydrogen) atoms. The van der Waals surface area contributed by atoms with Crippen molar-refractivity contribution in [2.75, 3.05) is 13.1 Å². The van der Waals surface area contributed by atoms with Crippen LogP contribution in [0.4, 0.5) is 0 Å². The molecule has 0 bridgehead atoms. The number of fused-ring (bicyclic) bond motifs is 1. The fraction of sp³-hybridized carbons (Fsp3) is 0.429. The third kappa shape index (κ3) is 3.54. The Morgan fingerprint density at radius 3 is 3.00 bits per heavy atom. The Kier molecular flexibility index (Phi) is 3.85. The number of benzene rings is 1. The topological polar surface area (TPSA) is 81.1 Å². The van der Waals surface area contributed by atoms with Crippen molar-refractivity contribution in [2.24, 2.45) is 11.1 Å². The molecule has 1 aromatic heterocycles. The summed E-state index contributed by atoms with van der Waals surface area (Å²) in [6, 6.07) is 5.58. The van der Waals surface area contributed by atoms with Crippen molar-refractivity contribution in [2.45, 2.75) is 20.3 Å². The van der Waals surface area contributed by atoms with Crippen LogP contribution in [0.5, 0.6) is 0 Å². The molecule has 0 radical (unpaired) electrons. The van der Waals surface area contributed by atoms with E-state index in [1.807, 2.05) is 32.0 Å². The third-order valence-corrected chi connectivity index (χ3v) is 3.08. The molecule has 3 N–H and O–H groups in total. The lowest BCUT2D eigenvalue weighted by Gasteiger charge is -2.22. The van der Waals surface area contributed by atoms with Gasteiger partial charge in [-0.2, -0.15) is 0 Å². The first kappa shape index (κ1) is 13.5. The molecular weight excluding hydrogens is 242 g/mol. The van der Waals surface area contributed by atoms with Gasteiger partial charge in [0.1, 0.15) is 5.52 Å². The number of hydrogen-bond donors (Lipinski definition) is 2. The molecule has 0 saturated carbocycles. The second-order valence-corrected chi connectivity index (χ2v) is 5.48. The van der Waals surface area contributed by atoms with Gasteiger partial charge in [0.2, 0.25) is 5.91 Å². The summed E-state index contributed by atoms with van der Waals surface area (Å²) in [6.45, 7) is 5.16. The van der Waals surface area contributed by atoms with E-state index in [1.165, 1.54) is 6.39 Å². The van der Waals surface area contributed by atoms with Crippen LogP contribution >= 0.6 is 0 Å². The van der Waals surface area contributed by atoms with Crippen molar-refractivity contribution in [3.05, 3.63) is 30.2 Å². The van der Waals surface area contributed by atoms with Gasteiger partial charge in [0.05, 0.1) is 6.42 Å². The minimum atomic E-state index is -0.0788. The maximum Gasteiger partial charge on any atom is 0.224 e. The van der Waals surface area contributed by atoms with Gasteiger partial charge in [-0.15, -0.1) is 0 Å². The summed E-state index contributed by atoms with van der Waals surface area (Å²) in [7, 11) is 0. The van der Waals surface area contributed by atoms with E-state index in [0.29, 0.717) is 25.1 Å². The molecule has 0 spiro atoms. The number of carbonyl (C=O) groups is 1. The quantitative estimate of drug-likeness (QED) is 0.854. The van der Waals surface area contributed by atoms with E-state index in [0.717, 1.165) is 11.1 Å². The minimum absolute atomic E-state index is 0.0135.